The van der Waals surface area contributed by atoms with Crippen LogP contribution in [0.1, 0.15) is 32.1 Å². The summed E-state index contributed by atoms with van der Waals surface area (Å²) in [5.41, 5.74) is 5.96. The van der Waals surface area contributed by atoms with Crippen molar-refractivity contribution in [3.8, 4) is 0 Å². The van der Waals surface area contributed by atoms with E-state index in [2.05, 4.69) is 5.32 Å². The van der Waals surface area contributed by atoms with Gasteiger partial charge in [-0.3, -0.25) is 4.79 Å². The molecule has 0 aromatic carbocycles. The minimum atomic E-state index is 0. The zero-order valence-corrected chi connectivity index (χ0v) is 10.7. The Morgan fingerprint density at radius 2 is 2.12 bits per heavy atom. The van der Waals surface area contributed by atoms with Crippen molar-refractivity contribution in [2.45, 2.75) is 50.4 Å². The number of nitrogens with one attached hydrogen (secondary N) is 1. The molecule has 5 heteroatoms. The van der Waals surface area contributed by atoms with Crippen molar-refractivity contribution in [2.24, 2.45) is 17.6 Å². The highest BCUT2D eigenvalue weighted by atomic mass is 35.5. The van der Waals surface area contributed by atoms with Crippen LogP contribution in [0.5, 0.6) is 0 Å². The van der Waals surface area contributed by atoms with Gasteiger partial charge in [0.25, 0.3) is 0 Å². The van der Waals surface area contributed by atoms with Crippen molar-refractivity contribution in [2.75, 3.05) is 6.54 Å². The number of halogens is 1. The lowest BCUT2D eigenvalue weighted by molar-refractivity contribution is -0.126. The minimum absolute atomic E-state index is 0. The first kappa shape index (κ1) is 13.1. The first-order valence-corrected chi connectivity index (χ1v) is 6.43. The van der Waals surface area contributed by atoms with Crippen LogP contribution in [0, 0.1) is 11.8 Å². The first-order chi connectivity index (χ1) is 7.74. The van der Waals surface area contributed by atoms with Crippen LogP contribution in [0.15, 0.2) is 0 Å². The summed E-state index contributed by atoms with van der Waals surface area (Å²) in [7, 11) is 0. The third-order valence-corrected chi connectivity index (χ3v) is 4.18. The maximum atomic E-state index is 11.9. The Kier molecular flexibility index (Phi) is 3.95. The molecular formula is C12H21ClN2O2. The van der Waals surface area contributed by atoms with Crippen LogP contribution >= 0.6 is 12.4 Å². The van der Waals surface area contributed by atoms with Gasteiger partial charge in [0, 0.05) is 12.6 Å². The molecule has 1 saturated carbocycles. The van der Waals surface area contributed by atoms with Crippen LogP contribution in [0.3, 0.4) is 0 Å². The molecule has 0 spiro atoms. The Balaban J connectivity index is 0.00000108. The topological polar surface area (TPSA) is 64.3 Å². The Labute approximate surface area is 108 Å². The van der Waals surface area contributed by atoms with E-state index in [0.29, 0.717) is 18.6 Å². The lowest BCUT2D eigenvalue weighted by Gasteiger charge is -2.19. The van der Waals surface area contributed by atoms with Crippen LogP contribution in [-0.2, 0) is 9.53 Å². The molecule has 4 nitrogen and oxygen atoms in total. The van der Waals surface area contributed by atoms with Gasteiger partial charge >= 0.3 is 0 Å². The second kappa shape index (κ2) is 5.12. The Morgan fingerprint density at radius 3 is 2.65 bits per heavy atom. The van der Waals surface area contributed by atoms with Crippen molar-refractivity contribution >= 4 is 18.3 Å². The highest BCUT2D eigenvalue weighted by Crippen LogP contribution is 2.38. The molecule has 2 aliphatic heterocycles. The van der Waals surface area contributed by atoms with Gasteiger partial charge in [-0.2, -0.15) is 0 Å². The molecule has 2 heterocycles. The van der Waals surface area contributed by atoms with E-state index in [-0.39, 0.29) is 36.4 Å². The number of amides is 1. The second-order valence-electron chi connectivity index (χ2n) is 5.46. The summed E-state index contributed by atoms with van der Waals surface area (Å²) in [4.78, 5) is 11.9. The predicted molar refractivity (Wildman–Crippen MR) is 67.0 cm³/mol. The van der Waals surface area contributed by atoms with Gasteiger partial charge in [-0.1, -0.05) is 0 Å². The molecule has 17 heavy (non-hydrogen) atoms. The van der Waals surface area contributed by atoms with Crippen LogP contribution in [0.25, 0.3) is 0 Å². The fourth-order valence-electron chi connectivity index (χ4n) is 2.95. The third-order valence-electron chi connectivity index (χ3n) is 4.18. The summed E-state index contributed by atoms with van der Waals surface area (Å²) in [5.74, 6) is 0.894. The number of ether oxygens (including phenoxy) is 1. The standard InChI is InChI=1S/C12H20N2O2.ClH/c13-10(7-1-2-7)6-14-12(15)9-5-8-3-4-11(9)16-8;/h7-11H,1-6,13H2,(H,14,15);1H. The van der Waals surface area contributed by atoms with Gasteiger partial charge in [-0.05, 0) is 38.0 Å². The van der Waals surface area contributed by atoms with E-state index in [4.69, 9.17) is 10.5 Å². The van der Waals surface area contributed by atoms with Crippen molar-refractivity contribution in [3.05, 3.63) is 0 Å². The normalized spacial score (nSPS) is 36.4. The molecular weight excluding hydrogens is 240 g/mol. The number of carbonyl (C=O) groups excluding carboxylic acids is 1. The molecule has 3 fully saturated rings. The number of hydrogen-bond donors (Lipinski definition) is 2. The maximum absolute atomic E-state index is 11.9. The molecule has 1 aliphatic carbocycles. The van der Waals surface area contributed by atoms with Crippen LogP contribution in [0.4, 0.5) is 0 Å². The SMILES string of the molecule is Cl.NC(CNC(=O)C1CC2CCC1O2)C1CC1. The Morgan fingerprint density at radius 1 is 1.35 bits per heavy atom. The summed E-state index contributed by atoms with van der Waals surface area (Å²) in [5, 5.41) is 2.99. The van der Waals surface area contributed by atoms with E-state index in [1.165, 1.54) is 12.8 Å². The summed E-state index contributed by atoms with van der Waals surface area (Å²) in [6.07, 6.45) is 6.09. The van der Waals surface area contributed by atoms with Gasteiger partial charge in [-0.25, -0.2) is 0 Å². The van der Waals surface area contributed by atoms with Crippen molar-refractivity contribution in [1.29, 1.82) is 0 Å². The lowest BCUT2D eigenvalue weighted by atomic mass is 9.88. The predicted octanol–water partition coefficient (Wildman–Crippen LogP) is 0.829. The van der Waals surface area contributed by atoms with E-state index >= 15 is 0 Å². The van der Waals surface area contributed by atoms with Gasteiger partial charge in [-0.15, -0.1) is 12.4 Å². The van der Waals surface area contributed by atoms with Crippen molar-refractivity contribution in [3.63, 3.8) is 0 Å². The summed E-state index contributed by atoms with van der Waals surface area (Å²) >= 11 is 0. The monoisotopic (exact) mass is 260 g/mol. The molecule has 0 radical (unpaired) electrons. The average molecular weight is 261 g/mol. The fourth-order valence-corrected chi connectivity index (χ4v) is 2.95. The molecule has 0 aromatic rings. The number of carbonyl (C=O) groups is 1. The Hall–Kier alpha value is -0.320. The molecule has 4 atom stereocenters. The highest BCUT2D eigenvalue weighted by Gasteiger charge is 2.44. The molecule has 3 aliphatic rings. The van der Waals surface area contributed by atoms with Crippen LogP contribution < -0.4 is 11.1 Å². The van der Waals surface area contributed by atoms with Crippen LogP contribution in [0.2, 0.25) is 0 Å². The molecule has 4 unspecified atom stereocenters. The molecule has 1 amide bonds. The number of nitrogens with two attached hydrogens (primary N) is 1. The smallest absolute Gasteiger partial charge is 0.225 e. The number of fused-ring (bicyclic) bond motifs is 2. The summed E-state index contributed by atoms with van der Waals surface area (Å²) in [6, 6.07) is 0.156. The fraction of sp³-hybridized carbons (Fsp3) is 0.917. The zero-order chi connectivity index (χ0) is 11.1. The quantitative estimate of drug-likeness (QED) is 0.787. The third kappa shape index (κ3) is 2.75. The van der Waals surface area contributed by atoms with Crippen LogP contribution in [-0.4, -0.2) is 30.7 Å². The van der Waals surface area contributed by atoms with E-state index in [1.54, 1.807) is 0 Å². The zero-order valence-electron chi connectivity index (χ0n) is 9.93. The molecule has 98 valence electrons. The molecule has 2 saturated heterocycles. The first-order valence-electron chi connectivity index (χ1n) is 6.43. The number of hydrogen-bond acceptors (Lipinski definition) is 3. The number of rotatable bonds is 4. The highest BCUT2D eigenvalue weighted by molar-refractivity contribution is 5.85. The molecule has 2 bridgehead atoms. The van der Waals surface area contributed by atoms with E-state index in [9.17, 15) is 4.79 Å². The van der Waals surface area contributed by atoms with Crippen molar-refractivity contribution < 1.29 is 9.53 Å². The summed E-state index contributed by atoms with van der Waals surface area (Å²) < 4.78 is 5.68. The van der Waals surface area contributed by atoms with E-state index in [1.807, 2.05) is 0 Å². The lowest BCUT2D eigenvalue weighted by Crippen LogP contribution is -2.43. The maximum Gasteiger partial charge on any atom is 0.225 e. The molecule has 0 aromatic heterocycles. The minimum Gasteiger partial charge on any atom is -0.374 e. The molecule has 3 rings (SSSR count). The average Bonchev–Trinajstić information content (AvgIpc) is 2.94. The van der Waals surface area contributed by atoms with Gasteiger partial charge < -0.3 is 15.8 Å². The Bertz CT molecular complexity index is 296. The van der Waals surface area contributed by atoms with Crippen molar-refractivity contribution in [1.82, 2.24) is 5.32 Å². The largest absolute Gasteiger partial charge is 0.374 e. The van der Waals surface area contributed by atoms with Gasteiger partial charge in [0.2, 0.25) is 5.91 Å². The van der Waals surface area contributed by atoms with E-state index < -0.39 is 0 Å². The van der Waals surface area contributed by atoms with E-state index in [0.717, 1.165) is 19.3 Å². The van der Waals surface area contributed by atoms with Gasteiger partial charge in [0.15, 0.2) is 0 Å². The second-order valence-corrected chi connectivity index (χ2v) is 5.46. The van der Waals surface area contributed by atoms with Gasteiger partial charge in [0.1, 0.15) is 0 Å². The summed E-state index contributed by atoms with van der Waals surface area (Å²) in [6.45, 7) is 0.636. The molecule has 3 N–H and O–H groups in total. The van der Waals surface area contributed by atoms with Gasteiger partial charge in [0.05, 0.1) is 18.1 Å².